The molecule has 1 amide bonds. The second kappa shape index (κ2) is 5.32. The summed E-state index contributed by atoms with van der Waals surface area (Å²) in [6.07, 6.45) is 0. The van der Waals surface area contributed by atoms with Crippen molar-refractivity contribution in [1.82, 2.24) is 0 Å². The number of halogens is 1. The van der Waals surface area contributed by atoms with E-state index < -0.39 is 5.91 Å². The molecule has 5 heteroatoms. The van der Waals surface area contributed by atoms with Crippen molar-refractivity contribution < 1.29 is 9.53 Å². The number of primary amides is 1. The predicted octanol–water partition coefficient (Wildman–Crippen LogP) is 3.23. The Balaban J connectivity index is 2.38. The Morgan fingerprint density at radius 3 is 2.58 bits per heavy atom. The van der Waals surface area contributed by atoms with Crippen LogP contribution in [0.5, 0.6) is 11.5 Å². The van der Waals surface area contributed by atoms with Crippen LogP contribution in [-0.2, 0) is 0 Å². The van der Waals surface area contributed by atoms with E-state index in [0.29, 0.717) is 11.5 Å². The molecule has 0 fully saturated rings. The van der Waals surface area contributed by atoms with Gasteiger partial charge < -0.3 is 16.2 Å². The molecular weight excluding hydrogens is 308 g/mol. The number of amides is 1. The lowest BCUT2D eigenvalue weighted by Gasteiger charge is -2.12. The normalized spacial score (nSPS) is 10.2. The van der Waals surface area contributed by atoms with E-state index in [1.807, 2.05) is 25.1 Å². The zero-order valence-corrected chi connectivity index (χ0v) is 11.9. The van der Waals surface area contributed by atoms with Gasteiger partial charge in [-0.1, -0.05) is 22.0 Å². The van der Waals surface area contributed by atoms with Crippen molar-refractivity contribution in [3.05, 3.63) is 52.0 Å². The summed E-state index contributed by atoms with van der Waals surface area (Å²) in [5.41, 5.74) is 12.6. The van der Waals surface area contributed by atoms with E-state index in [2.05, 4.69) is 15.9 Å². The van der Waals surface area contributed by atoms with Crippen molar-refractivity contribution >= 4 is 27.5 Å². The Kier molecular flexibility index (Phi) is 3.76. The van der Waals surface area contributed by atoms with Gasteiger partial charge in [-0.3, -0.25) is 4.79 Å². The van der Waals surface area contributed by atoms with Crippen LogP contribution >= 0.6 is 15.9 Å². The molecule has 0 unspecified atom stereocenters. The van der Waals surface area contributed by atoms with Crippen LogP contribution in [0.15, 0.2) is 40.9 Å². The molecule has 0 aliphatic carbocycles. The third-order valence-corrected chi connectivity index (χ3v) is 3.18. The Labute approximate surface area is 119 Å². The summed E-state index contributed by atoms with van der Waals surface area (Å²) < 4.78 is 6.70. The molecule has 19 heavy (non-hydrogen) atoms. The minimum Gasteiger partial charge on any atom is -0.455 e. The number of anilines is 1. The molecule has 0 bridgehead atoms. The minimum absolute atomic E-state index is 0.248. The zero-order chi connectivity index (χ0) is 14.0. The van der Waals surface area contributed by atoms with Crippen molar-refractivity contribution in [3.63, 3.8) is 0 Å². The van der Waals surface area contributed by atoms with Gasteiger partial charge in [0, 0.05) is 4.47 Å². The molecule has 2 rings (SSSR count). The van der Waals surface area contributed by atoms with Crippen LogP contribution in [-0.4, -0.2) is 5.91 Å². The third kappa shape index (κ3) is 2.88. The van der Waals surface area contributed by atoms with Gasteiger partial charge in [-0.15, -0.1) is 0 Å². The highest BCUT2D eigenvalue weighted by Crippen LogP contribution is 2.32. The number of hydrogen-bond acceptors (Lipinski definition) is 3. The highest BCUT2D eigenvalue weighted by Gasteiger charge is 2.11. The lowest BCUT2D eigenvalue weighted by atomic mass is 10.1. The van der Waals surface area contributed by atoms with Crippen LogP contribution in [0.1, 0.15) is 15.9 Å². The SMILES string of the molecule is Cc1cc(Br)ccc1Oc1cccc(C(N)=O)c1N. The summed E-state index contributed by atoms with van der Waals surface area (Å²) in [6.45, 7) is 1.92. The first-order chi connectivity index (χ1) is 8.99. The van der Waals surface area contributed by atoms with Crippen LogP contribution < -0.4 is 16.2 Å². The van der Waals surface area contributed by atoms with Gasteiger partial charge in [-0.2, -0.15) is 0 Å². The van der Waals surface area contributed by atoms with Crippen molar-refractivity contribution in [2.75, 3.05) is 5.73 Å². The molecule has 0 aliphatic rings. The van der Waals surface area contributed by atoms with E-state index in [9.17, 15) is 4.79 Å². The molecule has 4 nitrogen and oxygen atoms in total. The second-order valence-electron chi connectivity index (χ2n) is 4.09. The molecule has 0 aromatic heterocycles. The summed E-state index contributed by atoms with van der Waals surface area (Å²) in [5, 5.41) is 0. The van der Waals surface area contributed by atoms with Gasteiger partial charge in [0.15, 0.2) is 5.75 Å². The van der Waals surface area contributed by atoms with Crippen LogP contribution in [0.4, 0.5) is 5.69 Å². The lowest BCUT2D eigenvalue weighted by Crippen LogP contribution is -2.13. The zero-order valence-electron chi connectivity index (χ0n) is 10.3. The molecule has 2 aromatic carbocycles. The van der Waals surface area contributed by atoms with E-state index >= 15 is 0 Å². The summed E-state index contributed by atoms with van der Waals surface area (Å²) in [5.74, 6) is 0.522. The van der Waals surface area contributed by atoms with Gasteiger partial charge in [0.25, 0.3) is 5.91 Å². The predicted molar refractivity (Wildman–Crippen MR) is 78.3 cm³/mol. The van der Waals surface area contributed by atoms with Crippen molar-refractivity contribution in [1.29, 1.82) is 0 Å². The van der Waals surface area contributed by atoms with Crippen molar-refractivity contribution in [2.24, 2.45) is 5.73 Å². The van der Waals surface area contributed by atoms with Gasteiger partial charge >= 0.3 is 0 Å². The van der Waals surface area contributed by atoms with Gasteiger partial charge in [-0.05, 0) is 42.8 Å². The van der Waals surface area contributed by atoms with Crippen LogP contribution in [0.25, 0.3) is 0 Å². The molecule has 4 N–H and O–H groups in total. The minimum atomic E-state index is -0.574. The Hall–Kier alpha value is -2.01. The maximum atomic E-state index is 11.2. The number of aryl methyl sites for hydroxylation is 1. The van der Waals surface area contributed by atoms with Crippen molar-refractivity contribution in [3.8, 4) is 11.5 Å². The molecule has 2 aromatic rings. The number of carbonyl (C=O) groups excluding carboxylic acids is 1. The first-order valence-electron chi connectivity index (χ1n) is 5.61. The van der Waals surface area contributed by atoms with E-state index in [0.717, 1.165) is 10.0 Å². The lowest BCUT2D eigenvalue weighted by molar-refractivity contribution is 0.100. The Morgan fingerprint density at radius 2 is 1.95 bits per heavy atom. The molecule has 0 saturated heterocycles. The van der Waals surface area contributed by atoms with Gasteiger partial charge in [0.05, 0.1) is 11.3 Å². The van der Waals surface area contributed by atoms with Crippen LogP contribution in [0.3, 0.4) is 0 Å². The van der Waals surface area contributed by atoms with Gasteiger partial charge in [0.2, 0.25) is 0 Å². The third-order valence-electron chi connectivity index (χ3n) is 2.69. The molecule has 0 aliphatic heterocycles. The first-order valence-corrected chi connectivity index (χ1v) is 6.40. The number of nitrogen functional groups attached to an aromatic ring is 1. The number of para-hydroxylation sites is 1. The average Bonchev–Trinajstić information content (AvgIpc) is 2.34. The molecule has 0 atom stereocenters. The van der Waals surface area contributed by atoms with Crippen LogP contribution in [0, 0.1) is 6.92 Å². The molecule has 0 heterocycles. The highest BCUT2D eigenvalue weighted by molar-refractivity contribution is 9.10. The maximum Gasteiger partial charge on any atom is 0.250 e. The molecular formula is C14H13BrN2O2. The molecule has 0 radical (unpaired) electrons. The monoisotopic (exact) mass is 320 g/mol. The molecule has 98 valence electrons. The average molecular weight is 321 g/mol. The topological polar surface area (TPSA) is 78.3 Å². The summed E-state index contributed by atoms with van der Waals surface area (Å²) in [7, 11) is 0. The fourth-order valence-electron chi connectivity index (χ4n) is 1.69. The fourth-order valence-corrected chi connectivity index (χ4v) is 2.17. The Bertz CT molecular complexity index is 641. The number of hydrogen-bond donors (Lipinski definition) is 2. The van der Waals surface area contributed by atoms with Crippen LogP contribution in [0.2, 0.25) is 0 Å². The number of benzene rings is 2. The highest BCUT2D eigenvalue weighted by atomic mass is 79.9. The van der Waals surface area contributed by atoms with E-state index in [-0.39, 0.29) is 11.3 Å². The van der Waals surface area contributed by atoms with Crippen molar-refractivity contribution in [2.45, 2.75) is 6.92 Å². The quantitative estimate of drug-likeness (QED) is 0.852. The first kappa shape index (κ1) is 13.4. The van der Waals surface area contributed by atoms with E-state index in [4.69, 9.17) is 16.2 Å². The summed E-state index contributed by atoms with van der Waals surface area (Å²) in [4.78, 5) is 11.2. The summed E-state index contributed by atoms with van der Waals surface area (Å²) in [6, 6.07) is 10.6. The second-order valence-corrected chi connectivity index (χ2v) is 5.01. The Morgan fingerprint density at radius 1 is 1.21 bits per heavy atom. The fraction of sp³-hybridized carbons (Fsp3) is 0.0714. The van der Waals surface area contributed by atoms with E-state index in [1.165, 1.54) is 0 Å². The number of nitrogens with two attached hydrogens (primary N) is 2. The standard InChI is InChI=1S/C14H13BrN2O2/c1-8-7-9(15)5-6-11(8)19-12-4-2-3-10(13(12)16)14(17)18/h2-7H,16H2,1H3,(H2,17,18). The largest absolute Gasteiger partial charge is 0.455 e. The van der Waals surface area contributed by atoms with E-state index in [1.54, 1.807) is 18.2 Å². The number of ether oxygens (including phenoxy) is 1. The maximum absolute atomic E-state index is 11.2. The molecule has 0 saturated carbocycles. The van der Waals surface area contributed by atoms with Gasteiger partial charge in [-0.25, -0.2) is 0 Å². The summed E-state index contributed by atoms with van der Waals surface area (Å²) >= 11 is 3.39. The van der Waals surface area contributed by atoms with Gasteiger partial charge in [0.1, 0.15) is 5.75 Å². The molecule has 0 spiro atoms. The number of rotatable bonds is 3. The smallest absolute Gasteiger partial charge is 0.250 e. The number of carbonyl (C=O) groups is 1.